The lowest BCUT2D eigenvalue weighted by Gasteiger charge is -2.05. The van der Waals surface area contributed by atoms with E-state index in [0.29, 0.717) is 0 Å². The van der Waals surface area contributed by atoms with E-state index >= 15 is 0 Å². The number of nitrogens with zero attached hydrogens (tertiary/aromatic N) is 1. The molecule has 1 aromatic rings. The summed E-state index contributed by atoms with van der Waals surface area (Å²) in [5.74, 6) is 0. The molecule has 3 nitrogen and oxygen atoms in total. The van der Waals surface area contributed by atoms with Crippen molar-refractivity contribution in [2.75, 3.05) is 13.2 Å². The lowest BCUT2D eigenvalue weighted by Crippen LogP contribution is -2.43. The molecule has 0 aromatic carbocycles. The molecule has 0 atom stereocenters. The van der Waals surface area contributed by atoms with Crippen molar-refractivity contribution in [3.05, 3.63) is 30.1 Å². The molecule has 66 valence electrons. The Balaban J connectivity index is 2.85. The molecule has 0 unspecified atom stereocenters. The summed E-state index contributed by atoms with van der Waals surface area (Å²) in [4.78, 5) is 0. The summed E-state index contributed by atoms with van der Waals surface area (Å²) in [6.07, 6.45) is 3.74. The van der Waals surface area contributed by atoms with Gasteiger partial charge in [0.25, 0.3) is 0 Å². The molecule has 1 rings (SSSR count). The van der Waals surface area contributed by atoms with Gasteiger partial charge in [0, 0.05) is 11.6 Å². The van der Waals surface area contributed by atoms with Gasteiger partial charge in [0.2, 0.25) is 6.04 Å². The van der Waals surface area contributed by atoms with Gasteiger partial charge in [0.1, 0.15) is 13.2 Å². The van der Waals surface area contributed by atoms with Crippen LogP contribution < -0.4 is 4.57 Å². The molecule has 0 aliphatic carbocycles. The van der Waals surface area contributed by atoms with Gasteiger partial charge in [-0.25, -0.2) is 0 Å². The minimum atomic E-state index is -0.218. The van der Waals surface area contributed by atoms with Crippen LogP contribution in [0.5, 0.6) is 0 Å². The first-order valence-electron chi connectivity index (χ1n) is 3.97. The highest BCUT2D eigenvalue weighted by molar-refractivity contribution is 5.01. The van der Waals surface area contributed by atoms with E-state index < -0.39 is 0 Å². The summed E-state index contributed by atoms with van der Waals surface area (Å²) in [5.41, 5.74) is 1.12. The van der Waals surface area contributed by atoms with Crippen LogP contribution in [0.2, 0.25) is 0 Å². The summed E-state index contributed by atoms with van der Waals surface area (Å²) in [6, 6.07) is 3.65. The zero-order valence-corrected chi connectivity index (χ0v) is 7.14. The van der Waals surface area contributed by atoms with Crippen LogP contribution in [-0.4, -0.2) is 23.4 Å². The maximum absolute atomic E-state index is 8.89. The lowest BCUT2D eigenvalue weighted by molar-refractivity contribution is -0.726. The fourth-order valence-corrected chi connectivity index (χ4v) is 1.09. The van der Waals surface area contributed by atoms with Crippen LogP contribution in [0.15, 0.2) is 24.5 Å². The standard InChI is InChI=1S/C9H14NO2/c1-8-3-2-4-10(5-8)9(6-11)7-12/h2-5,9,11-12H,6-7H2,1H3/q+1. The van der Waals surface area contributed by atoms with E-state index in [4.69, 9.17) is 10.2 Å². The Hall–Kier alpha value is -0.930. The van der Waals surface area contributed by atoms with Crippen LogP contribution in [0.4, 0.5) is 0 Å². The second-order valence-electron chi connectivity index (χ2n) is 2.85. The maximum Gasteiger partial charge on any atom is 0.203 e. The summed E-state index contributed by atoms with van der Waals surface area (Å²) in [5, 5.41) is 17.8. The van der Waals surface area contributed by atoms with Crippen molar-refractivity contribution >= 4 is 0 Å². The molecular formula is C9H14NO2+. The average molecular weight is 168 g/mol. The van der Waals surface area contributed by atoms with Crippen LogP contribution in [0.1, 0.15) is 11.6 Å². The third-order valence-corrected chi connectivity index (χ3v) is 1.81. The molecule has 0 radical (unpaired) electrons. The highest BCUT2D eigenvalue weighted by Gasteiger charge is 2.14. The monoisotopic (exact) mass is 168 g/mol. The molecule has 3 heteroatoms. The molecule has 0 saturated heterocycles. The second-order valence-corrected chi connectivity index (χ2v) is 2.85. The number of hydrogen-bond donors (Lipinski definition) is 2. The van der Waals surface area contributed by atoms with Crippen molar-refractivity contribution in [1.82, 2.24) is 0 Å². The largest absolute Gasteiger partial charge is 0.389 e. The number of aliphatic hydroxyl groups excluding tert-OH is 2. The van der Waals surface area contributed by atoms with E-state index in [1.165, 1.54) is 0 Å². The Labute approximate surface area is 71.9 Å². The quantitative estimate of drug-likeness (QED) is 0.614. The predicted molar refractivity (Wildman–Crippen MR) is 44.6 cm³/mol. The number of hydrogen-bond acceptors (Lipinski definition) is 2. The van der Waals surface area contributed by atoms with Crippen molar-refractivity contribution in [3.8, 4) is 0 Å². The van der Waals surface area contributed by atoms with Crippen molar-refractivity contribution in [2.24, 2.45) is 0 Å². The molecule has 1 heterocycles. The van der Waals surface area contributed by atoms with E-state index in [1.807, 2.05) is 36.0 Å². The zero-order chi connectivity index (χ0) is 8.97. The normalized spacial score (nSPS) is 10.7. The van der Waals surface area contributed by atoms with E-state index in [2.05, 4.69) is 0 Å². The molecule has 0 amide bonds. The Bertz CT molecular complexity index is 246. The van der Waals surface area contributed by atoms with E-state index in [1.54, 1.807) is 0 Å². The van der Waals surface area contributed by atoms with Gasteiger partial charge in [-0.15, -0.1) is 0 Å². The van der Waals surface area contributed by atoms with Crippen LogP contribution in [0.3, 0.4) is 0 Å². The first kappa shape index (κ1) is 9.16. The zero-order valence-electron chi connectivity index (χ0n) is 7.14. The highest BCUT2D eigenvalue weighted by Crippen LogP contribution is 1.95. The Morgan fingerprint density at radius 2 is 2.08 bits per heavy atom. The van der Waals surface area contributed by atoms with Gasteiger partial charge in [0.05, 0.1) is 0 Å². The number of aromatic nitrogens is 1. The van der Waals surface area contributed by atoms with Crippen LogP contribution >= 0.6 is 0 Å². The molecule has 0 saturated carbocycles. The van der Waals surface area contributed by atoms with Crippen LogP contribution in [0, 0.1) is 6.92 Å². The Morgan fingerprint density at radius 3 is 2.58 bits per heavy atom. The fraction of sp³-hybridized carbons (Fsp3) is 0.444. The van der Waals surface area contributed by atoms with Gasteiger partial charge in [-0.1, -0.05) is 0 Å². The summed E-state index contributed by atoms with van der Waals surface area (Å²) in [6.45, 7) is 1.90. The molecule has 0 aliphatic heterocycles. The third kappa shape index (κ3) is 2.03. The molecule has 0 spiro atoms. The van der Waals surface area contributed by atoms with Crippen LogP contribution in [-0.2, 0) is 0 Å². The number of aliphatic hydroxyl groups is 2. The van der Waals surface area contributed by atoms with Gasteiger partial charge >= 0.3 is 0 Å². The summed E-state index contributed by atoms with van der Waals surface area (Å²) >= 11 is 0. The van der Waals surface area contributed by atoms with E-state index in [9.17, 15) is 0 Å². The molecule has 12 heavy (non-hydrogen) atoms. The fourth-order valence-electron chi connectivity index (χ4n) is 1.09. The SMILES string of the molecule is Cc1ccc[n+](C(CO)CO)c1. The van der Waals surface area contributed by atoms with Crippen LogP contribution in [0.25, 0.3) is 0 Å². The number of pyridine rings is 1. The topological polar surface area (TPSA) is 44.3 Å². The minimum absolute atomic E-state index is 0.0371. The second kappa shape index (κ2) is 4.18. The van der Waals surface area contributed by atoms with Crippen molar-refractivity contribution in [2.45, 2.75) is 13.0 Å². The van der Waals surface area contributed by atoms with Gasteiger partial charge in [-0.3, -0.25) is 0 Å². The van der Waals surface area contributed by atoms with Gasteiger partial charge in [-0.2, -0.15) is 4.57 Å². The van der Waals surface area contributed by atoms with E-state index in [-0.39, 0.29) is 19.3 Å². The van der Waals surface area contributed by atoms with Crippen molar-refractivity contribution in [1.29, 1.82) is 0 Å². The molecule has 1 aromatic heterocycles. The van der Waals surface area contributed by atoms with Gasteiger partial charge in [-0.05, 0) is 13.0 Å². The van der Waals surface area contributed by atoms with Crippen molar-refractivity contribution in [3.63, 3.8) is 0 Å². The number of aryl methyl sites for hydroxylation is 1. The predicted octanol–water partition coefficient (Wildman–Crippen LogP) is -0.192. The molecule has 0 fully saturated rings. The summed E-state index contributed by atoms with van der Waals surface area (Å²) in [7, 11) is 0. The molecule has 0 aliphatic rings. The number of rotatable bonds is 3. The third-order valence-electron chi connectivity index (χ3n) is 1.81. The molecule has 2 N–H and O–H groups in total. The first-order valence-corrected chi connectivity index (χ1v) is 3.97. The highest BCUT2D eigenvalue weighted by atomic mass is 16.3. The van der Waals surface area contributed by atoms with Gasteiger partial charge < -0.3 is 10.2 Å². The van der Waals surface area contributed by atoms with Crippen molar-refractivity contribution < 1.29 is 14.8 Å². The smallest absolute Gasteiger partial charge is 0.203 e. The first-order chi connectivity index (χ1) is 5.77. The van der Waals surface area contributed by atoms with E-state index in [0.717, 1.165) is 5.56 Å². The average Bonchev–Trinajstić information content (AvgIpc) is 2.07. The Kier molecular flexibility index (Phi) is 3.19. The molecule has 0 bridgehead atoms. The van der Waals surface area contributed by atoms with Gasteiger partial charge in [0.15, 0.2) is 12.4 Å². The minimum Gasteiger partial charge on any atom is -0.389 e. The summed E-state index contributed by atoms with van der Waals surface area (Å²) < 4.78 is 1.81. The maximum atomic E-state index is 8.89. The lowest BCUT2D eigenvalue weighted by atomic mass is 10.2. The molecular weight excluding hydrogens is 154 g/mol. The Morgan fingerprint density at radius 1 is 1.42 bits per heavy atom.